The van der Waals surface area contributed by atoms with Crippen molar-refractivity contribution in [3.8, 4) is 0 Å². The van der Waals surface area contributed by atoms with Crippen LogP contribution in [0.1, 0.15) is 38.1 Å². The third kappa shape index (κ3) is 5.51. The molecular formula is C19H27Cl2N3OSi. The second kappa shape index (κ2) is 10.4. The van der Waals surface area contributed by atoms with Gasteiger partial charge in [0.15, 0.2) is 8.32 Å². The van der Waals surface area contributed by atoms with Gasteiger partial charge in [-0.25, -0.2) is 0 Å². The van der Waals surface area contributed by atoms with E-state index >= 15 is 0 Å². The average molecular weight is 412 g/mol. The van der Waals surface area contributed by atoms with Crippen LogP contribution >= 0.6 is 23.2 Å². The average Bonchev–Trinajstić information content (AvgIpc) is 2.66. The van der Waals surface area contributed by atoms with E-state index in [9.17, 15) is 0 Å². The molecule has 1 N–H and O–H groups in total. The van der Waals surface area contributed by atoms with Crippen LogP contribution in [-0.2, 0) is 11.0 Å². The lowest BCUT2D eigenvalue weighted by Crippen LogP contribution is -2.40. The molecule has 0 spiro atoms. The van der Waals surface area contributed by atoms with Crippen LogP contribution in [0.15, 0.2) is 36.8 Å². The highest BCUT2D eigenvalue weighted by atomic mass is 35.5. The summed E-state index contributed by atoms with van der Waals surface area (Å²) in [6.07, 6.45) is 4.86. The van der Waals surface area contributed by atoms with Crippen molar-refractivity contribution in [3.05, 3.63) is 58.1 Å². The monoisotopic (exact) mass is 411 g/mol. The summed E-state index contributed by atoms with van der Waals surface area (Å²) >= 11 is 12.9. The maximum absolute atomic E-state index is 6.73. The molecule has 1 unspecified atom stereocenters. The number of halogens is 2. The van der Waals surface area contributed by atoms with Crippen molar-refractivity contribution in [2.24, 2.45) is 0 Å². The lowest BCUT2D eigenvalue weighted by molar-refractivity contribution is 0.186. The standard InChI is InChI=1S/C19H27Cl2N3OSi/c1-4-26(5-2,6-3)25-18(19-16(20)12-23-13-17(19)21)14-22-11-15-9-7-8-10-24-15/h7-10,12-13,18,22H,4-6,11,14H2,1-3H3. The first-order chi connectivity index (χ1) is 12.5. The van der Waals surface area contributed by atoms with Crippen LogP contribution < -0.4 is 5.32 Å². The lowest BCUT2D eigenvalue weighted by Gasteiger charge is -2.34. The van der Waals surface area contributed by atoms with Crippen LogP contribution in [0.2, 0.25) is 28.2 Å². The zero-order chi connectivity index (χ0) is 19.0. The fourth-order valence-electron chi connectivity index (χ4n) is 3.07. The summed E-state index contributed by atoms with van der Waals surface area (Å²) in [6.45, 7) is 7.93. The molecule has 4 nitrogen and oxygen atoms in total. The van der Waals surface area contributed by atoms with Crippen molar-refractivity contribution in [2.75, 3.05) is 6.54 Å². The third-order valence-electron chi connectivity index (χ3n) is 4.90. The van der Waals surface area contributed by atoms with Crippen LogP contribution in [0.3, 0.4) is 0 Å². The normalized spacial score (nSPS) is 13.0. The quantitative estimate of drug-likeness (QED) is 0.514. The molecule has 0 bridgehead atoms. The molecule has 0 aliphatic carbocycles. The van der Waals surface area contributed by atoms with Gasteiger partial charge >= 0.3 is 0 Å². The van der Waals surface area contributed by atoms with Crippen molar-refractivity contribution < 1.29 is 4.43 Å². The molecule has 7 heteroatoms. The van der Waals surface area contributed by atoms with Gasteiger partial charge in [-0.1, -0.05) is 50.0 Å². The molecule has 2 heterocycles. The number of aromatic nitrogens is 2. The summed E-state index contributed by atoms with van der Waals surface area (Å²) in [5.74, 6) is 0. The first-order valence-corrected chi connectivity index (χ1v) is 12.4. The van der Waals surface area contributed by atoms with Crippen LogP contribution in [0, 0.1) is 0 Å². The highest BCUT2D eigenvalue weighted by molar-refractivity contribution is 6.73. The summed E-state index contributed by atoms with van der Waals surface area (Å²) in [5.41, 5.74) is 1.81. The van der Waals surface area contributed by atoms with Crippen molar-refractivity contribution in [2.45, 2.75) is 51.6 Å². The Balaban J connectivity index is 2.21. The van der Waals surface area contributed by atoms with E-state index in [2.05, 4.69) is 36.1 Å². The summed E-state index contributed by atoms with van der Waals surface area (Å²) in [7, 11) is -1.83. The molecule has 0 aromatic carbocycles. The van der Waals surface area contributed by atoms with E-state index in [1.165, 1.54) is 0 Å². The Morgan fingerprint density at radius 1 is 1.08 bits per heavy atom. The summed E-state index contributed by atoms with van der Waals surface area (Å²) in [4.78, 5) is 8.42. The van der Waals surface area contributed by atoms with Crippen molar-refractivity contribution in [1.29, 1.82) is 0 Å². The zero-order valence-corrected chi connectivity index (χ0v) is 18.1. The summed E-state index contributed by atoms with van der Waals surface area (Å²) in [6, 6.07) is 9.09. The number of hydrogen-bond donors (Lipinski definition) is 1. The summed E-state index contributed by atoms with van der Waals surface area (Å²) < 4.78 is 6.73. The Hall–Kier alpha value is -0.983. The fourth-order valence-corrected chi connectivity index (χ4v) is 6.48. The van der Waals surface area contributed by atoms with Crippen molar-refractivity contribution in [3.63, 3.8) is 0 Å². The van der Waals surface area contributed by atoms with E-state index in [0.717, 1.165) is 29.4 Å². The minimum atomic E-state index is -1.83. The molecule has 0 aliphatic heterocycles. The van der Waals surface area contributed by atoms with E-state index in [1.54, 1.807) is 18.6 Å². The topological polar surface area (TPSA) is 47.0 Å². The number of nitrogens with zero attached hydrogens (tertiary/aromatic N) is 2. The van der Waals surface area contributed by atoms with Crippen LogP contribution in [0.5, 0.6) is 0 Å². The smallest absolute Gasteiger partial charge is 0.192 e. The molecule has 26 heavy (non-hydrogen) atoms. The van der Waals surface area contributed by atoms with Gasteiger partial charge in [0.05, 0.1) is 21.8 Å². The van der Waals surface area contributed by atoms with Gasteiger partial charge in [-0.15, -0.1) is 0 Å². The molecule has 0 aliphatic rings. The second-order valence-corrected chi connectivity index (χ2v) is 11.9. The molecule has 0 radical (unpaired) electrons. The van der Waals surface area contributed by atoms with Crippen LogP contribution in [0.25, 0.3) is 0 Å². The number of rotatable bonds is 10. The number of hydrogen-bond acceptors (Lipinski definition) is 4. The molecule has 2 aromatic heterocycles. The maximum atomic E-state index is 6.73. The third-order valence-corrected chi connectivity index (χ3v) is 10.2. The van der Waals surface area contributed by atoms with E-state index in [1.807, 2.05) is 18.2 Å². The van der Waals surface area contributed by atoms with Gasteiger partial charge in [-0.2, -0.15) is 0 Å². The van der Waals surface area contributed by atoms with Crippen LogP contribution in [0.4, 0.5) is 0 Å². The van der Waals surface area contributed by atoms with Gasteiger partial charge in [0.25, 0.3) is 0 Å². The molecule has 2 rings (SSSR count). The van der Waals surface area contributed by atoms with E-state index in [4.69, 9.17) is 27.6 Å². The van der Waals surface area contributed by atoms with Gasteiger partial charge in [0.1, 0.15) is 0 Å². The van der Waals surface area contributed by atoms with E-state index in [0.29, 0.717) is 23.1 Å². The van der Waals surface area contributed by atoms with E-state index in [-0.39, 0.29) is 6.10 Å². The largest absolute Gasteiger partial charge is 0.409 e. The molecular weight excluding hydrogens is 385 g/mol. The molecule has 0 saturated heterocycles. The van der Waals surface area contributed by atoms with Crippen molar-refractivity contribution >= 4 is 31.5 Å². The minimum absolute atomic E-state index is 0.201. The highest BCUT2D eigenvalue weighted by Gasteiger charge is 2.34. The first kappa shape index (κ1) is 21.3. The van der Waals surface area contributed by atoms with Gasteiger partial charge in [0, 0.05) is 37.2 Å². The molecule has 0 saturated carbocycles. The van der Waals surface area contributed by atoms with Crippen molar-refractivity contribution in [1.82, 2.24) is 15.3 Å². The highest BCUT2D eigenvalue weighted by Crippen LogP contribution is 2.36. The Bertz CT molecular complexity index is 655. The number of pyridine rings is 2. The zero-order valence-electron chi connectivity index (χ0n) is 15.6. The van der Waals surface area contributed by atoms with Crippen LogP contribution in [-0.4, -0.2) is 24.8 Å². The predicted octanol–water partition coefficient (Wildman–Crippen LogP) is 5.64. The summed E-state index contributed by atoms with van der Waals surface area (Å²) in [5, 5.41) is 4.55. The predicted molar refractivity (Wildman–Crippen MR) is 111 cm³/mol. The Kier molecular flexibility index (Phi) is 8.51. The van der Waals surface area contributed by atoms with Gasteiger partial charge in [-0.3, -0.25) is 9.97 Å². The minimum Gasteiger partial charge on any atom is -0.409 e. The van der Waals surface area contributed by atoms with Gasteiger partial charge in [-0.05, 0) is 30.3 Å². The second-order valence-electron chi connectivity index (χ2n) is 6.32. The molecule has 0 amide bonds. The van der Waals surface area contributed by atoms with E-state index < -0.39 is 8.32 Å². The van der Waals surface area contributed by atoms with Gasteiger partial charge < -0.3 is 9.74 Å². The lowest BCUT2D eigenvalue weighted by atomic mass is 10.1. The SMILES string of the molecule is CC[Si](CC)(CC)OC(CNCc1ccccn1)c1c(Cl)cncc1Cl. The Morgan fingerprint density at radius 2 is 1.73 bits per heavy atom. The Morgan fingerprint density at radius 3 is 2.27 bits per heavy atom. The number of nitrogens with one attached hydrogen (secondary N) is 1. The molecule has 142 valence electrons. The fraction of sp³-hybridized carbons (Fsp3) is 0.474. The Labute approximate surface area is 167 Å². The molecule has 0 fully saturated rings. The molecule has 2 aromatic rings. The van der Waals surface area contributed by atoms with Gasteiger partial charge in [0.2, 0.25) is 0 Å². The first-order valence-electron chi connectivity index (χ1n) is 9.12. The maximum Gasteiger partial charge on any atom is 0.192 e. The molecule has 1 atom stereocenters.